The molecule has 1 aromatic carbocycles. The number of hydrogen-bond donors (Lipinski definition) is 0. The van der Waals surface area contributed by atoms with Gasteiger partial charge in [-0.05, 0) is 18.2 Å². The van der Waals surface area contributed by atoms with Crippen molar-refractivity contribution in [1.29, 1.82) is 0 Å². The maximum absolute atomic E-state index is 13.3. The Bertz CT molecular complexity index is 499. The van der Waals surface area contributed by atoms with Crippen LogP contribution >= 0.6 is 0 Å². The van der Waals surface area contributed by atoms with Gasteiger partial charge >= 0.3 is 0 Å². The highest BCUT2D eigenvalue weighted by Crippen LogP contribution is 2.09. The molecule has 0 radical (unpaired) electrons. The average Bonchev–Trinajstić information content (AvgIpc) is 2.31. The summed E-state index contributed by atoms with van der Waals surface area (Å²) in [7, 11) is 0. The number of Topliss-reactive ketones (excluding diaryl/α,β-unsaturated/α-hetero) is 1. The number of halogens is 1. The van der Waals surface area contributed by atoms with Gasteiger partial charge in [0.1, 0.15) is 12.1 Å². The van der Waals surface area contributed by atoms with Gasteiger partial charge in [-0.1, -0.05) is 12.1 Å². The molecule has 0 aliphatic heterocycles. The van der Waals surface area contributed by atoms with Gasteiger partial charge in [-0.2, -0.15) is 0 Å². The number of aromatic nitrogens is 2. The highest BCUT2D eigenvalue weighted by atomic mass is 19.1. The molecular weight excluding hydrogens is 207 g/mol. The number of rotatable bonds is 3. The molecule has 3 nitrogen and oxygen atoms in total. The molecule has 0 aliphatic carbocycles. The first kappa shape index (κ1) is 10.4. The van der Waals surface area contributed by atoms with Crippen molar-refractivity contribution in [2.24, 2.45) is 0 Å². The second kappa shape index (κ2) is 4.61. The molecule has 0 unspecified atom stereocenters. The molecule has 2 rings (SSSR count). The Hall–Kier alpha value is -2.10. The molecule has 2 aromatic rings. The van der Waals surface area contributed by atoms with Gasteiger partial charge in [0.05, 0.1) is 17.7 Å². The Morgan fingerprint density at radius 1 is 1.25 bits per heavy atom. The smallest absolute Gasteiger partial charge is 0.171 e. The molecule has 0 N–H and O–H groups in total. The summed E-state index contributed by atoms with van der Waals surface area (Å²) in [6.07, 6.45) is 3.00. The molecule has 0 atom stereocenters. The van der Waals surface area contributed by atoms with Crippen LogP contribution < -0.4 is 0 Å². The summed E-state index contributed by atoms with van der Waals surface area (Å²) in [6, 6.07) is 7.57. The predicted octanol–water partition coefficient (Wildman–Crippen LogP) is 2.04. The van der Waals surface area contributed by atoms with E-state index in [1.807, 2.05) is 0 Å². The van der Waals surface area contributed by atoms with E-state index in [0.717, 1.165) is 0 Å². The van der Waals surface area contributed by atoms with Crippen molar-refractivity contribution in [2.75, 3.05) is 0 Å². The third-order valence-electron chi connectivity index (χ3n) is 2.16. The second-order valence-corrected chi connectivity index (χ2v) is 3.28. The van der Waals surface area contributed by atoms with Crippen molar-refractivity contribution < 1.29 is 9.18 Å². The van der Waals surface area contributed by atoms with Gasteiger partial charge in [0.2, 0.25) is 0 Å². The zero-order valence-electron chi connectivity index (χ0n) is 8.43. The molecular formula is C12H9FN2O. The monoisotopic (exact) mass is 216 g/mol. The van der Waals surface area contributed by atoms with Crippen LogP contribution in [0.5, 0.6) is 0 Å². The van der Waals surface area contributed by atoms with Crippen LogP contribution in [-0.4, -0.2) is 15.8 Å². The lowest BCUT2D eigenvalue weighted by Gasteiger charge is -2.01. The maximum atomic E-state index is 13.3. The van der Waals surface area contributed by atoms with Crippen LogP contribution in [0.25, 0.3) is 0 Å². The SMILES string of the molecule is O=C(Cc1ccncn1)c1ccccc1F. The molecule has 0 saturated heterocycles. The summed E-state index contributed by atoms with van der Waals surface area (Å²) in [4.78, 5) is 19.4. The Morgan fingerprint density at radius 2 is 2.06 bits per heavy atom. The van der Waals surface area contributed by atoms with Crippen LogP contribution in [-0.2, 0) is 6.42 Å². The first-order valence-electron chi connectivity index (χ1n) is 4.80. The van der Waals surface area contributed by atoms with Crippen molar-refractivity contribution in [3.63, 3.8) is 0 Å². The van der Waals surface area contributed by atoms with Gasteiger partial charge < -0.3 is 0 Å². The predicted molar refractivity (Wildman–Crippen MR) is 56.5 cm³/mol. The van der Waals surface area contributed by atoms with E-state index in [1.165, 1.54) is 18.5 Å². The van der Waals surface area contributed by atoms with Gasteiger partial charge in [0.15, 0.2) is 5.78 Å². The second-order valence-electron chi connectivity index (χ2n) is 3.28. The fourth-order valence-electron chi connectivity index (χ4n) is 1.37. The summed E-state index contributed by atoms with van der Waals surface area (Å²) < 4.78 is 13.3. The van der Waals surface area contributed by atoms with Crippen molar-refractivity contribution in [1.82, 2.24) is 9.97 Å². The number of nitrogens with zero attached hydrogens (tertiary/aromatic N) is 2. The van der Waals surface area contributed by atoms with E-state index in [-0.39, 0.29) is 17.8 Å². The van der Waals surface area contributed by atoms with Crippen LogP contribution in [0.2, 0.25) is 0 Å². The number of ketones is 1. The number of benzene rings is 1. The molecule has 0 aliphatic rings. The quantitative estimate of drug-likeness (QED) is 0.737. The average molecular weight is 216 g/mol. The normalized spacial score (nSPS) is 10.1. The van der Waals surface area contributed by atoms with Gasteiger partial charge in [-0.3, -0.25) is 4.79 Å². The Morgan fingerprint density at radius 3 is 2.75 bits per heavy atom. The van der Waals surface area contributed by atoms with Gasteiger partial charge in [0.25, 0.3) is 0 Å². The van der Waals surface area contributed by atoms with E-state index in [9.17, 15) is 9.18 Å². The summed E-state index contributed by atoms with van der Waals surface area (Å²) in [5.41, 5.74) is 0.685. The zero-order valence-corrected chi connectivity index (χ0v) is 8.43. The van der Waals surface area contributed by atoms with Crippen molar-refractivity contribution in [3.8, 4) is 0 Å². The first-order chi connectivity index (χ1) is 7.77. The van der Waals surface area contributed by atoms with Crippen LogP contribution in [0.1, 0.15) is 16.1 Å². The van der Waals surface area contributed by atoms with E-state index in [1.54, 1.807) is 24.4 Å². The largest absolute Gasteiger partial charge is 0.294 e. The lowest BCUT2D eigenvalue weighted by atomic mass is 10.1. The summed E-state index contributed by atoms with van der Waals surface area (Å²) in [5.74, 6) is -0.779. The fraction of sp³-hybridized carbons (Fsp3) is 0.0833. The lowest BCUT2D eigenvalue weighted by Crippen LogP contribution is -2.07. The molecule has 0 bridgehead atoms. The number of carbonyl (C=O) groups is 1. The van der Waals surface area contributed by atoms with Crippen LogP contribution in [0.15, 0.2) is 42.9 Å². The molecule has 0 fully saturated rings. The van der Waals surface area contributed by atoms with Crippen LogP contribution in [0.4, 0.5) is 4.39 Å². The first-order valence-corrected chi connectivity index (χ1v) is 4.80. The fourth-order valence-corrected chi connectivity index (χ4v) is 1.37. The summed E-state index contributed by atoms with van der Waals surface area (Å²) in [6.45, 7) is 0. The molecule has 1 aromatic heterocycles. The maximum Gasteiger partial charge on any atom is 0.171 e. The van der Waals surface area contributed by atoms with E-state index in [0.29, 0.717) is 5.69 Å². The van der Waals surface area contributed by atoms with Crippen LogP contribution in [0, 0.1) is 5.82 Å². The zero-order chi connectivity index (χ0) is 11.4. The molecule has 0 spiro atoms. The minimum Gasteiger partial charge on any atom is -0.294 e. The third-order valence-corrected chi connectivity index (χ3v) is 2.16. The number of carbonyl (C=O) groups excluding carboxylic acids is 1. The van der Waals surface area contributed by atoms with E-state index >= 15 is 0 Å². The van der Waals surface area contributed by atoms with Crippen LogP contribution in [0.3, 0.4) is 0 Å². The summed E-state index contributed by atoms with van der Waals surface area (Å²) in [5, 5.41) is 0. The molecule has 1 heterocycles. The third kappa shape index (κ3) is 2.28. The molecule has 4 heteroatoms. The van der Waals surface area contributed by atoms with E-state index in [4.69, 9.17) is 0 Å². The minimum absolute atomic E-state index is 0.0868. The molecule has 80 valence electrons. The lowest BCUT2D eigenvalue weighted by molar-refractivity contribution is 0.0988. The van der Waals surface area contributed by atoms with E-state index in [2.05, 4.69) is 9.97 Å². The Kier molecular flexibility index (Phi) is 3.00. The highest BCUT2D eigenvalue weighted by Gasteiger charge is 2.11. The standard InChI is InChI=1S/C12H9FN2O/c13-11-4-2-1-3-10(11)12(16)7-9-5-6-14-8-15-9/h1-6,8H,7H2. The highest BCUT2D eigenvalue weighted by molar-refractivity contribution is 5.97. The van der Waals surface area contributed by atoms with Gasteiger partial charge in [-0.15, -0.1) is 0 Å². The summed E-state index contributed by atoms with van der Waals surface area (Å²) >= 11 is 0. The van der Waals surface area contributed by atoms with Crippen molar-refractivity contribution >= 4 is 5.78 Å². The molecule has 0 saturated carbocycles. The minimum atomic E-state index is -0.499. The van der Waals surface area contributed by atoms with Gasteiger partial charge in [0, 0.05) is 6.20 Å². The van der Waals surface area contributed by atoms with Gasteiger partial charge in [-0.25, -0.2) is 14.4 Å². The molecule has 16 heavy (non-hydrogen) atoms. The van der Waals surface area contributed by atoms with Crippen molar-refractivity contribution in [3.05, 3.63) is 59.9 Å². The Balaban J connectivity index is 2.19. The van der Waals surface area contributed by atoms with Crippen molar-refractivity contribution in [2.45, 2.75) is 6.42 Å². The Labute approximate surface area is 92.0 Å². The van der Waals surface area contributed by atoms with E-state index < -0.39 is 5.82 Å². The number of hydrogen-bond acceptors (Lipinski definition) is 3. The topological polar surface area (TPSA) is 42.9 Å². The molecule has 0 amide bonds.